The van der Waals surface area contributed by atoms with Gasteiger partial charge in [-0.25, -0.2) is 4.98 Å². The van der Waals surface area contributed by atoms with Crippen LogP contribution in [0.4, 0.5) is 0 Å². The SMILES string of the molecule is CCCC(NCc1csc(C2CCCC2)n1)C(=O)O. The number of aliphatic carboxylic acids is 1. The molecule has 1 aromatic rings. The number of hydrogen-bond acceptors (Lipinski definition) is 4. The van der Waals surface area contributed by atoms with Gasteiger partial charge in [0, 0.05) is 17.8 Å². The molecule has 106 valence electrons. The van der Waals surface area contributed by atoms with Crippen LogP contribution in [0.25, 0.3) is 0 Å². The fourth-order valence-corrected chi connectivity index (χ4v) is 3.58. The van der Waals surface area contributed by atoms with Crippen LogP contribution >= 0.6 is 11.3 Å². The van der Waals surface area contributed by atoms with Crippen LogP contribution in [0, 0.1) is 0 Å². The van der Waals surface area contributed by atoms with Crippen molar-refractivity contribution in [1.29, 1.82) is 0 Å². The molecule has 2 rings (SSSR count). The lowest BCUT2D eigenvalue weighted by molar-refractivity contribution is -0.139. The summed E-state index contributed by atoms with van der Waals surface area (Å²) in [5, 5.41) is 15.5. The van der Waals surface area contributed by atoms with Gasteiger partial charge in [-0.3, -0.25) is 10.1 Å². The van der Waals surface area contributed by atoms with E-state index in [4.69, 9.17) is 5.11 Å². The maximum absolute atomic E-state index is 11.0. The van der Waals surface area contributed by atoms with E-state index in [0.717, 1.165) is 12.1 Å². The van der Waals surface area contributed by atoms with E-state index in [-0.39, 0.29) is 0 Å². The fraction of sp³-hybridized carbons (Fsp3) is 0.714. The Hall–Kier alpha value is -0.940. The Kier molecular flexibility index (Phi) is 5.34. The molecule has 0 saturated heterocycles. The second-order valence-corrected chi connectivity index (χ2v) is 6.11. The Labute approximate surface area is 118 Å². The molecule has 0 amide bonds. The van der Waals surface area contributed by atoms with E-state index < -0.39 is 12.0 Å². The summed E-state index contributed by atoms with van der Waals surface area (Å²) >= 11 is 1.72. The molecule has 1 aliphatic carbocycles. The van der Waals surface area contributed by atoms with E-state index in [1.54, 1.807) is 11.3 Å². The fourth-order valence-electron chi connectivity index (χ4n) is 2.59. The molecule has 0 bridgehead atoms. The highest BCUT2D eigenvalue weighted by molar-refractivity contribution is 7.09. The van der Waals surface area contributed by atoms with Crippen LogP contribution in [-0.2, 0) is 11.3 Å². The number of nitrogens with one attached hydrogen (secondary N) is 1. The molecule has 1 unspecified atom stereocenters. The lowest BCUT2D eigenvalue weighted by Crippen LogP contribution is -2.36. The van der Waals surface area contributed by atoms with Gasteiger partial charge in [-0.05, 0) is 19.3 Å². The Morgan fingerprint density at radius 1 is 1.58 bits per heavy atom. The van der Waals surface area contributed by atoms with Crippen LogP contribution in [0.1, 0.15) is 62.1 Å². The molecular weight excluding hydrogens is 260 g/mol. The minimum atomic E-state index is -0.770. The first-order valence-electron chi connectivity index (χ1n) is 7.11. The van der Waals surface area contributed by atoms with E-state index in [0.29, 0.717) is 18.9 Å². The quantitative estimate of drug-likeness (QED) is 0.806. The van der Waals surface area contributed by atoms with Gasteiger partial charge in [0.1, 0.15) is 6.04 Å². The van der Waals surface area contributed by atoms with Gasteiger partial charge in [0.15, 0.2) is 0 Å². The molecule has 0 aliphatic heterocycles. The van der Waals surface area contributed by atoms with E-state index in [2.05, 4.69) is 15.7 Å². The van der Waals surface area contributed by atoms with Gasteiger partial charge in [0.2, 0.25) is 0 Å². The highest BCUT2D eigenvalue weighted by Crippen LogP contribution is 2.35. The van der Waals surface area contributed by atoms with Crippen molar-refractivity contribution in [3.63, 3.8) is 0 Å². The zero-order valence-corrected chi connectivity index (χ0v) is 12.2. The molecule has 2 N–H and O–H groups in total. The van der Waals surface area contributed by atoms with Gasteiger partial charge in [0.25, 0.3) is 0 Å². The summed E-state index contributed by atoms with van der Waals surface area (Å²) in [4.78, 5) is 15.7. The van der Waals surface area contributed by atoms with Crippen molar-refractivity contribution < 1.29 is 9.90 Å². The van der Waals surface area contributed by atoms with Crippen LogP contribution in [0.2, 0.25) is 0 Å². The highest BCUT2D eigenvalue weighted by Gasteiger charge is 2.21. The Balaban J connectivity index is 1.86. The van der Waals surface area contributed by atoms with Crippen LogP contribution in [0.3, 0.4) is 0 Å². The maximum Gasteiger partial charge on any atom is 0.320 e. The second kappa shape index (κ2) is 7.01. The zero-order valence-electron chi connectivity index (χ0n) is 11.4. The topological polar surface area (TPSA) is 62.2 Å². The largest absolute Gasteiger partial charge is 0.480 e. The summed E-state index contributed by atoms with van der Waals surface area (Å²) in [7, 11) is 0. The molecule has 19 heavy (non-hydrogen) atoms. The van der Waals surface area contributed by atoms with Gasteiger partial charge in [-0.15, -0.1) is 11.3 Å². The number of carbonyl (C=O) groups is 1. The van der Waals surface area contributed by atoms with Gasteiger partial charge in [0.05, 0.1) is 10.7 Å². The second-order valence-electron chi connectivity index (χ2n) is 5.22. The summed E-state index contributed by atoms with van der Waals surface area (Å²) in [5.74, 6) is -0.127. The van der Waals surface area contributed by atoms with Gasteiger partial charge < -0.3 is 5.11 Å². The Morgan fingerprint density at radius 3 is 2.95 bits per heavy atom. The molecule has 1 atom stereocenters. The minimum absolute atomic E-state index is 0.457. The molecule has 4 nitrogen and oxygen atoms in total. The predicted octanol–water partition coefficient (Wildman–Crippen LogP) is 3.14. The number of hydrogen-bond donors (Lipinski definition) is 2. The van der Waals surface area contributed by atoms with E-state index in [1.807, 2.05) is 6.92 Å². The van der Waals surface area contributed by atoms with Crippen molar-refractivity contribution in [2.45, 2.75) is 64.0 Å². The molecular formula is C14H22N2O2S. The third-order valence-electron chi connectivity index (χ3n) is 3.68. The molecule has 1 fully saturated rings. The summed E-state index contributed by atoms with van der Waals surface area (Å²) in [5.41, 5.74) is 0.981. The van der Waals surface area contributed by atoms with E-state index in [9.17, 15) is 4.79 Å². The maximum atomic E-state index is 11.0. The molecule has 1 saturated carbocycles. The monoisotopic (exact) mass is 282 g/mol. The Morgan fingerprint density at radius 2 is 2.32 bits per heavy atom. The van der Waals surface area contributed by atoms with Crippen molar-refractivity contribution in [3.05, 3.63) is 16.1 Å². The molecule has 0 aromatic carbocycles. The van der Waals surface area contributed by atoms with Crippen LogP contribution in [0.5, 0.6) is 0 Å². The summed E-state index contributed by atoms with van der Waals surface area (Å²) in [6.07, 6.45) is 6.68. The first-order valence-corrected chi connectivity index (χ1v) is 7.99. The summed E-state index contributed by atoms with van der Waals surface area (Å²) in [6.45, 7) is 2.55. The zero-order chi connectivity index (χ0) is 13.7. The van der Waals surface area contributed by atoms with Crippen molar-refractivity contribution in [2.24, 2.45) is 0 Å². The number of thiazole rings is 1. The molecule has 5 heteroatoms. The smallest absolute Gasteiger partial charge is 0.320 e. The molecule has 0 radical (unpaired) electrons. The average molecular weight is 282 g/mol. The van der Waals surface area contributed by atoms with Crippen molar-refractivity contribution in [1.82, 2.24) is 10.3 Å². The van der Waals surface area contributed by atoms with Crippen molar-refractivity contribution >= 4 is 17.3 Å². The standard InChI is InChI=1S/C14H22N2O2S/c1-2-5-12(14(17)18)15-8-11-9-19-13(16-11)10-6-3-4-7-10/h9-10,12,15H,2-8H2,1H3,(H,17,18). The number of aromatic nitrogens is 1. The minimum Gasteiger partial charge on any atom is -0.480 e. The molecule has 1 aliphatic rings. The average Bonchev–Trinajstić information content (AvgIpc) is 3.04. The number of carboxylic acid groups (broad SMARTS) is 1. The van der Waals surface area contributed by atoms with E-state index in [1.165, 1.54) is 30.7 Å². The first kappa shape index (κ1) is 14.5. The molecule has 1 heterocycles. The van der Waals surface area contributed by atoms with Crippen LogP contribution in [0.15, 0.2) is 5.38 Å². The highest BCUT2D eigenvalue weighted by atomic mass is 32.1. The molecule has 0 spiro atoms. The third-order valence-corrected chi connectivity index (χ3v) is 4.73. The van der Waals surface area contributed by atoms with Gasteiger partial charge in [-0.1, -0.05) is 26.2 Å². The van der Waals surface area contributed by atoms with Crippen LogP contribution in [-0.4, -0.2) is 22.1 Å². The summed E-state index contributed by atoms with van der Waals surface area (Å²) < 4.78 is 0. The summed E-state index contributed by atoms with van der Waals surface area (Å²) in [6, 6.07) is -0.457. The van der Waals surface area contributed by atoms with Crippen molar-refractivity contribution in [3.8, 4) is 0 Å². The van der Waals surface area contributed by atoms with Crippen LogP contribution < -0.4 is 5.32 Å². The van der Waals surface area contributed by atoms with Crippen molar-refractivity contribution in [2.75, 3.05) is 0 Å². The van der Waals surface area contributed by atoms with E-state index >= 15 is 0 Å². The Bertz CT molecular complexity index is 413. The number of rotatable bonds is 7. The normalized spacial score (nSPS) is 17.7. The third kappa shape index (κ3) is 4.01. The number of carboxylic acids is 1. The number of nitrogens with zero attached hydrogens (tertiary/aromatic N) is 1. The lowest BCUT2D eigenvalue weighted by atomic mass is 10.1. The molecule has 1 aromatic heterocycles. The predicted molar refractivity (Wildman–Crippen MR) is 76.5 cm³/mol. The van der Waals surface area contributed by atoms with Gasteiger partial charge >= 0.3 is 5.97 Å². The van der Waals surface area contributed by atoms with Gasteiger partial charge in [-0.2, -0.15) is 0 Å². The lowest BCUT2D eigenvalue weighted by Gasteiger charge is -2.12. The first-order chi connectivity index (χ1) is 9.20.